The molecule has 1 unspecified atom stereocenters. The van der Waals surface area contributed by atoms with E-state index in [0.717, 1.165) is 12.1 Å². The van der Waals surface area contributed by atoms with Crippen molar-refractivity contribution in [2.24, 2.45) is 0 Å². The van der Waals surface area contributed by atoms with Crippen LogP contribution in [0.3, 0.4) is 0 Å². The predicted molar refractivity (Wildman–Crippen MR) is 108 cm³/mol. The van der Waals surface area contributed by atoms with Crippen LogP contribution in [-0.4, -0.2) is 37.6 Å². The highest BCUT2D eigenvalue weighted by atomic mass is 19.4. The highest BCUT2D eigenvalue weighted by Crippen LogP contribution is 2.29. The van der Waals surface area contributed by atoms with Crippen LogP contribution in [0.5, 0.6) is 0 Å². The molecule has 12 heteroatoms. The highest BCUT2D eigenvalue weighted by Gasteiger charge is 2.50. The number of carbonyl (C=O) groups is 3. The molecular formula is C21H17F3N6O3. The molecule has 4 amide bonds. The maximum absolute atomic E-state index is 12.9. The summed E-state index contributed by atoms with van der Waals surface area (Å²) < 4.78 is 39.4. The van der Waals surface area contributed by atoms with E-state index in [-0.39, 0.29) is 17.1 Å². The first-order valence-electron chi connectivity index (χ1n) is 9.64. The van der Waals surface area contributed by atoms with Gasteiger partial charge in [-0.1, -0.05) is 30.3 Å². The van der Waals surface area contributed by atoms with Gasteiger partial charge in [0.25, 0.3) is 11.8 Å². The van der Waals surface area contributed by atoms with Crippen LogP contribution in [0, 0.1) is 6.92 Å². The monoisotopic (exact) mass is 458 g/mol. The van der Waals surface area contributed by atoms with E-state index >= 15 is 0 Å². The summed E-state index contributed by atoms with van der Waals surface area (Å²) in [6, 6.07) is 9.70. The van der Waals surface area contributed by atoms with E-state index in [1.54, 1.807) is 30.3 Å². The fraction of sp³-hybridized carbons (Fsp3) is 0.190. The van der Waals surface area contributed by atoms with Crippen LogP contribution in [0.25, 0.3) is 5.82 Å². The molecule has 1 aromatic carbocycles. The number of pyridine rings is 1. The summed E-state index contributed by atoms with van der Waals surface area (Å²) in [7, 11) is 0. The lowest BCUT2D eigenvalue weighted by atomic mass is 9.92. The Hall–Kier alpha value is -4.22. The Morgan fingerprint density at radius 3 is 2.39 bits per heavy atom. The molecule has 9 nitrogen and oxygen atoms in total. The van der Waals surface area contributed by atoms with Gasteiger partial charge >= 0.3 is 12.2 Å². The Balaban J connectivity index is 1.55. The van der Waals surface area contributed by atoms with Gasteiger partial charge in [-0.05, 0) is 31.5 Å². The van der Waals surface area contributed by atoms with Gasteiger partial charge in [-0.3, -0.25) is 15.0 Å². The molecule has 4 rings (SSSR count). The number of aromatic nitrogens is 3. The lowest BCUT2D eigenvalue weighted by Crippen LogP contribution is -2.48. The number of halogens is 3. The predicted octanol–water partition coefficient (Wildman–Crippen LogP) is 2.71. The van der Waals surface area contributed by atoms with Crippen molar-refractivity contribution < 1.29 is 27.6 Å². The number of imide groups is 1. The average molecular weight is 458 g/mol. The lowest BCUT2D eigenvalue weighted by molar-refractivity contribution is -0.137. The van der Waals surface area contributed by atoms with Gasteiger partial charge in [-0.15, -0.1) is 0 Å². The first-order valence-corrected chi connectivity index (χ1v) is 9.64. The quantitative estimate of drug-likeness (QED) is 0.585. The zero-order chi connectivity index (χ0) is 24.0. The maximum atomic E-state index is 12.9. The molecule has 3 aromatic rings. The average Bonchev–Trinajstić information content (AvgIpc) is 3.27. The number of nitrogens with one attached hydrogen (secondary N) is 2. The van der Waals surface area contributed by atoms with E-state index in [4.69, 9.17) is 0 Å². The minimum Gasteiger partial charge on any atom is -0.318 e. The van der Waals surface area contributed by atoms with Crippen molar-refractivity contribution in [1.82, 2.24) is 30.5 Å². The van der Waals surface area contributed by atoms with Gasteiger partial charge in [-0.25, -0.2) is 14.5 Å². The second-order valence-electron chi connectivity index (χ2n) is 7.46. The van der Waals surface area contributed by atoms with E-state index in [1.807, 2.05) is 0 Å². The first kappa shape index (κ1) is 22.0. The topological polar surface area (TPSA) is 109 Å². The fourth-order valence-corrected chi connectivity index (χ4v) is 3.41. The summed E-state index contributed by atoms with van der Waals surface area (Å²) in [6.07, 6.45) is -2.71. The first-order chi connectivity index (χ1) is 15.5. The number of urea groups is 1. The number of hydrazine groups is 1. The van der Waals surface area contributed by atoms with Crippen molar-refractivity contribution in [3.8, 4) is 5.82 Å². The Labute approximate surface area is 185 Å². The molecule has 1 atom stereocenters. The zero-order valence-electron chi connectivity index (χ0n) is 17.3. The SMILES string of the molecule is Cc1c(C(=O)NN2C(=O)NC(C)(c3ccccc3)C2=O)cnn1-c1ccc(C(F)(F)F)cn1. The molecule has 1 aliphatic heterocycles. The van der Waals surface area contributed by atoms with Crippen LogP contribution < -0.4 is 10.7 Å². The second kappa shape index (κ2) is 7.73. The van der Waals surface area contributed by atoms with Gasteiger partial charge in [0.05, 0.1) is 23.0 Å². The Kier molecular flexibility index (Phi) is 5.15. The molecular weight excluding hydrogens is 441 g/mol. The third-order valence-corrected chi connectivity index (χ3v) is 5.30. The number of hydrogen-bond acceptors (Lipinski definition) is 5. The van der Waals surface area contributed by atoms with Gasteiger partial charge < -0.3 is 5.32 Å². The molecule has 0 aliphatic carbocycles. The summed E-state index contributed by atoms with van der Waals surface area (Å²) in [5, 5.41) is 7.15. The standard InChI is InChI=1S/C21H17F3N6O3/c1-12-15(11-26-29(12)16-9-8-14(10-25-16)21(22,23)24)17(31)28-30-18(32)20(2,27-19(30)33)13-6-4-3-5-7-13/h3-11H,1-2H3,(H,27,33)(H,28,31). The number of carbonyl (C=O) groups excluding carboxylic acids is 3. The van der Waals surface area contributed by atoms with Crippen molar-refractivity contribution in [3.63, 3.8) is 0 Å². The number of hydrogen-bond donors (Lipinski definition) is 2. The third kappa shape index (κ3) is 3.79. The molecule has 2 N–H and O–H groups in total. The third-order valence-electron chi connectivity index (χ3n) is 5.30. The van der Waals surface area contributed by atoms with Crippen LogP contribution in [0.1, 0.15) is 34.1 Å². The van der Waals surface area contributed by atoms with Crippen LogP contribution in [0.2, 0.25) is 0 Å². The minimum atomic E-state index is -4.53. The molecule has 1 saturated heterocycles. The Morgan fingerprint density at radius 2 is 1.79 bits per heavy atom. The van der Waals surface area contributed by atoms with Crippen molar-refractivity contribution >= 4 is 17.8 Å². The molecule has 33 heavy (non-hydrogen) atoms. The van der Waals surface area contributed by atoms with Gasteiger partial charge in [-0.2, -0.15) is 23.3 Å². The molecule has 170 valence electrons. The number of alkyl halides is 3. The highest BCUT2D eigenvalue weighted by molar-refractivity contribution is 6.09. The summed E-state index contributed by atoms with van der Waals surface area (Å²) in [5.74, 6) is -1.42. The van der Waals surface area contributed by atoms with Crippen molar-refractivity contribution in [2.45, 2.75) is 25.6 Å². The van der Waals surface area contributed by atoms with Crippen molar-refractivity contribution in [2.75, 3.05) is 0 Å². The van der Waals surface area contributed by atoms with E-state index in [0.29, 0.717) is 16.8 Å². The largest absolute Gasteiger partial charge is 0.417 e. The number of amides is 4. The van der Waals surface area contributed by atoms with Crippen LogP contribution in [0.15, 0.2) is 54.9 Å². The molecule has 1 aliphatic rings. The molecule has 0 spiro atoms. The molecule has 1 fully saturated rings. The summed E-state index contributed by atoms with van der Waals surface area (Å²) in [5.41, 5.74) is 0.769. The van der Waals surface area contributed by atoms with Gasteiger partial charge in [0.2, 0.25) is 0 Å². The minimum absolute atomic E-state index is 0.00520. The van der Waals surface area contributed by atoms with Crippen LogP contribution in [0.4, 0.5) is 18.0 Å². The molecule has 0 bridgehead atoms. The van der Waals surface area contributed by atoms with E-state index in [2.05, 4.69) is 20.8 Å². The molecule has 0 radical (unpaired) electrons. The molecule has 2 aromatic heterocycles. The maximum Gasteiger partial charge on any atom is 0.417 e. The second-order valence-corrected chi connectivity index (χ2v) is 7.46. The normalized spacial score (nSPS) is 18.4. The van der Waals surface area contributed by atoms with Gasteiger partial charge in [0, 0.05) is 6.20 Å². The summed E-state index contributed by atoms with van der Waals surface area (Å²) in [6.45, 7) is 3.02. The van der Waals surface area contributed by atoms with E-state index in [1.165, 1.54) is 24.7 Å². The fourth-order valence-electron chi connectivity index (χ4n) is 3.41. The number of benzene rings is 1. The van der Waals surface area contributed by atoms with Crippen LogP contribution in [-0.2, 0) is 16.5 Å². The Morgan fingerprint density at radius 1 is 1.09 bits per heavy atom. The number of nitrogens with zero attached hydrogens (tertiary/aromatic N) is 4. The van der Waals surface area contributed by atoms with E-state index in [9.17, 15) is 27.6 Å². The molecule has 3 heterocycles. The number of rotatable bonds is 4. The van der Waals surface area contributed by atoms with Crippen LogP contribution >= 0.6 is 0 Å². The van der Waals surface area contributed by atoms with Crippen molar-refractivity contribution in [3.05, 3.63) is 77.2 Å². The smallest absolute Gasteiger partial charge is 0.318 e. The summed E-state index contributed by atoms with van der Waals surface area (Å²) in [4.78, 5) is 41.9. The summed E-state index contributed by atoms with van der Waals surface area (Å²) >= 11 is 0. The van der Waals surface area contributed by atoms with E-state index < -0.39 is 35.1 Å². The molecule has 0 saturated carbocycles. The van der Waals surface area contributed by atoms with Crippen molar-refractivity contribution in [1.29, 1.82) is 0 Å². The lowest BCUT2D eigenvalue weighted by Gasteiger charge is -2.22. The zero-order valence-corrected chi connectivity index (χ0v) is 17.3. The Bertz CT molecular complexity index is 1240. The van der Waals surface area contributed by atoms with Gasteiger partial charge in [0.15, 0.2) is 5.82 Å². The van der Waals surface area contributed by atoms with Gasteiger partial charge in [0.1, 0.15) is 5.54 Å².